The van der Waals surface area contributed by atoms with Crippen LogP contribution in [0.4, 0.5) is 5.69 Å². The molecule has 2 aliphatic rings. The summed E-state index contributed by atoms with van der Waals surface area (Å²) in [5, 5.41) is 5.45. The Morgan fingerprint density at radius 1 is 0.853 bits per heavy atom. The Balaban J connectivity index is 1.24. The molecule has 2 N–H and O–H groups in total. The van der Waals surface area contributed by atoms with E-state index in [4.69, 9.17) is 9.47 Å². The van der Waals surface area contributed by atoms with E-state index < -0.39 is 30.2 Å². The number of anilines is 1. The Morgan fingerprint density at radius 2 is 1.53 bits per heavy atom. The van der Waals surface area contributed by atoms with E-state index in [1.54, 1.807) is 60.7 Å². The van der Waals surface area contributed by atoms with E-state index in [1.807, 2.05) is 6.07 Å². The fraction of sp³-hybridized carbons (Fsp3) is 0.120. The van der Waals surface area contributed by atoms with Crippen molar-refractivity contribution in [3.05, 3.63) is 89.0 Å². The zero-order valence-corrected chi connectivity index (χ0v) is 17.9. The van der Waals surface area contributed by atoms with Gasteiger partial charge in [-0.3, -0.25) is 24.1 Å². The van der Waals surface area contributed by atoms with Crippen molar-refractivity contribution in [2.24, 2.45) is 0 Å². The summed E-state index contributed by atoms with van der Waals surface area (Å²) < 4.78 is 10.6. The van der Waals surface area contributed by atoms with E-state index in [9.17, 15) is 19.2 Å². The van der Waals surface area contributed by atoms with Gasteiger partial charge in [0.25, 0.3) is 17.7 Å². The Labute approximate surface area is 194 Å². The number of amides is 4. The number of carbonyl (C=O) groups is 4. The van der Waals surface area contributed by atoms with Crippen LogP contribution in [0.25, 0.3) is 0 Å². The highest BCUT2D eigenvalue weighted by atomic mass is 16.7. The minimum atomic E-state index is -0.592. The Hall–Kier alpha value is -4.66. The quantitative estimate of drug-likeness (QED) is 0.550. The van der Waals surface area contributed by atoms with Crippen LogP contribution in [-0.4, -0.2) is 41.9 Å². The van der Waals surface area contributed by atoms with Gasteiger partial charge in [-0.2, -0.15) is 0 Å². The van der Waals surface area contributed by atoms with Crippen molar-refractivity contribution in [3.8, 4) is 11.5 Å². The maximum absolute atomic E-state index is 12.8. The van der Waals surface area contributed by atoms with Gasteiger partial charge in [0, 0.05) is 6.54 Å². The second-order valence-corrected chi connectivity index (χ2v) is 7.71. The van der Waals surface area contributed by atoms with Gasteiger partial charge in [-0.25, -0.2) is 0 Å². The molecule has 9 nitrogen and oxygen atoms in total. The average molecular weight is 457 g/mol. The molecule has 0 radical (unpaired) electrons. The Bertz CT molecular complexity index is 1300. The Morgan fingerprint density at radius 3 is 2.29 bits per heavy atom. The van der Waals surface area contributed by atoms with E-state index in [0.717, 1.165) is 10.5 Å². The lowest BCUT2D eigenvalue weighted by Crippen LogP contribution is -2.37. The minimum absolute atomic E-state index is 0.166. The zero-order valence-electron chi connectivity index (χ0n) is 17.9. The SMILES string of the molecule is O=C(CN1C(=O)c2ccccc2C1=O)Nc1ccccc1C(=O)NCc1ccc2c(c1)OCO2. The van der Waals surface area contributed by atoms with Crippen LogP contribution in [0.1, 0.15) is 36.6 Å². The molecule has 0 bridgehead atoms. The molecule has 3 aromatic rings. The first-order valence-electron chi connectivity index (χ1n) is 10.5. The molecule has 0 spiro atoms. The van der Waals surface area contributed by atoms with E-state index >= 15 is 0 Å². The van der Waals surface area contributed by atoms with Crippen LogP contribution in [0.15, 0.2) is 66.7 Å². The van der Waals surface area contributed by atoms with Crippen LogP contribution in [0.5, 0.6) is 11.5 Å². The number of para-hydroxylation sites is 1. The number of fused-ring (bicyclic) bond motifs is 2. The summed E-state index contributed by atoms with van der Waals surface area (Å²) >= 11 is 0. The van der Waals surface area contributed by atoms with Crippen LogP contribution in [0, 0.1) is 0 Å². The average Bonchev–Trinajstić information content (AvgIpc) is 3.41. The number of benzene rings is 3. The van der Waals surface area contributed by atoms with Gasteiger partial charge in [0.1, 0.15) is 6.54 Å². The number of ether oxygens (including phenoxy) is 2. The maximum atomic E-state index is 12.8. The summed E-state index contributed by atoms with van der Waals surface area (Å²) in [5.74, 6) is -0.760. The number of nitrogens with zero attached hydrogens (tertiary/aromatic N) is 1. The largest absolute Gasteiger partial charge is 0.454 e. The fourth-order valence-electron chi connectivity index (χ4n) is 3.83. The number of nitrogens with one attached hydrogen (secondary N) is 2. The third-order valence-electron chi connectivity index (χ3n) is 5.52. The van der Waals surface area contributed by atoms with Gasteiger partial charge in [0.05, 0.1) is 22.4 Å². The molecule has 0 unspecified atom stereocenters. The van der Waals surface area contributed by atoms with Crippen LogP contribution in [0.3, 0.4) is 0 Å². The molecular formula is C25H19N3O6. The van der Waals surface area contributed by atoms with Crippen molar-refractivity contribution < 1.29 is 28.7 Å². The number of rotatable bonds is 6. The van der Waals surface area contributed by atoms with Gasteiger partial charge in [-0.15, -0.1) is 0 Å². The van der Waals surface area contributed by atoms with Gasteiger partial charge in [-0.1, -0.05) is 30.3 Å². The lowest BCUT2D eigenvalue weighted by molar-refractivity contribution is -0.116. The maximum Gasteiger partial charge on any atom is 0.262 e. The molecule has 5 rings (SSSR count). The topological polar surface area (TPSA) is 114 Å². The molecule has 4 amide bonds. The summed E-state index contributed by atoms with van der Waals surface area (Å²) in [6, 6.07) is 18.3. The molecule has 0 fully saturated rings. The lowest BCUT2D eigenvalue weighted by atomic mass is 10.1. The smallest absolute Gasteiger partial charge is 0.262 e. The number of imide groups is 1. The van der Waals surface area contributed by atoms with E-state index in [2.05, 4.69) is 10.6 Å². The fourth-order valence-corrected chi connectivity index (χ4v) is 3.83. The molecule has 0 saturated heterocycles. The molecule has 3 aromatic carbocycles. The standard InChI is InChI=1S/C25H19N3O6/c29-22(13-28-24(31)16-5-1-2-6-17(16)25(28)32)27-19-8-4-3-7-18(19)23(30)26-12-15-9-10-20-21(11-15)34-14-33-20/h1-11H,12-14H2,(H,26,30)(H,27,29). The van der Waals surface area contributed by atoms with E-state index in [-0.39, 0.29) is 35.7 Å². The molecule has 34 heavy (non-hydrogen) atoms. The van der Waals surface area contributed by atoms with E-state index in [1.165, 1.54) is 0 Å². The van der Waals surface area contributed by atoms with Crippen molar-refractivity contribution in [1.82, 2.24) is 10.2 Å². The molecule has 9 heteroatoms. The predicted molar refractivity (Wildman–Crippen MR) is 121 cm³/mol. The highest BCUT2D eigenvalue weighted by molar-refractivity contribution is 6.22. The van der Waals surface area contributed by atoms with Crippen LogP contribution < -0.4 is 20.1 Å². The summed E-state index contributed by atoms with van der Waals surface area (Å²) in [4.78, 5) is 51.4. The number of hydrogen-bond donors (Lipinski definition) is 2. The molecule has 0 saturated carbocycles. The highest BCUT2D eigenvalue weighted by Gasteiger charge is 2.36. The van der Waals surface area contributed by atoms with Crippen LogP contribution in [-0.2, 0) is 11.3 Å². The van der Waals surface area contributed by atoms with E-state index in [0.29, 0.717) is 11.5 Å². The number of carbonyl (C=O) groups excluding carboxylic acids is 4. The normalized spacial score (nSPS) is 13.6. The van der Waals surface area contributed by atoms with Crippen molar-refractivity contribution in [2.45, 2.75) is 6.54 Å². The first-order valence-corrected chi connectivity index (χ1v) is 10.5. The summed E-state index contributed by atoms with van der Waals surface area (Å²) in [6.07, 6.45) is 0. The van der Waals surface area contributed by atoms with Gasteiger partial charge in [0.2, 0.25) is 12.7 Å². The van der Waals surface area contributed by atoms with Crippen molar-refractivity contribution >= 4 is 29.3 Å². The summed E-state index contributed by atoms with van der Waals surface area (Å²) in [7, 11) is 0. The molecule has 0 aromatic heterocycles. The van der Waals surface area contributed by atoms with Crippen molar-refractivity contribution in [1.29, 1.82) is 0 Å². The Kier molecular flexibility index (Phi) is 5.43. The lowest BCUT2D eigenvalue weighted by Gasteiger charge is -2.15. The van der Waals surface area contributed by atoms with Gasteiger partial charge in [0.15, 0.2) is 11.5 Å². The second-order valence-electron chi connectivity index (χ2n) is 7.71. The van der Waals surface area contributed by atoms with Gasteiger partial charge in [-0.05, 0) is 42.0 Å². The second kappa shape index (κ2) is 8.70. The predicted octanol–water partition coefficient (Wildman–Crippen LogP) is 2.58. The minimum Gasteiger partial charge on any atom is -0.454 e. The first-order chi connectivity index (χ1) is 16.5. The third kappa shape index (κ3) is 3.95. The summed E-state index contributed by atoms with van der Waals surface area (Å²) in [6.45, 7) is -0.0504. The molecule has 2 heterocycles. The molecule has 0 atom stereocenters. The van der Waals surface area contributed by atoms with Gasteiger partial charge >= 0.3 is 0 Å². The number of hydrogen-bond acceptors (Lipinski definition) is 6. The van der Waals surface area contributed by atoms with Crippen molar-refractivity contribution in [3.63, 3.8) is 0 Å². The van der Waals surface area contributed by atoms with Gasteiger partial charge < -0.3 is 20.1 Å². The highest BCUT2D eigenvalue weighted by Crippen LogP contribution is 2.32. The summed E-state index contributed by atoms with van der Waals surface area (Å²) in [5.41, 5.74) is 1.88. The molecule has 0 aliphatic carbocycles. The third-order valence-corrected chi connectivity index (χ3v) is 5.52. The van der Waals surface area contributed by atoms with Crippen molar-refractivity contribution in [2.75, 3.05) is 18.7 Å². The molecule has 2 aliphatic heterocycles. The zero-order chi connectivity index (χ0) is 23.7. The van der Waals surface area contributed by atoms with Crippen LogP contribution >= 0.6 is 0 Å². The molecular weight excluding hydrogens is 438 g/mol. The molecule has 170 valence electrons. The monoisotopic (exact) mass is 457 g/mol. The van der Waals surface area contributed by atoms with Crippen LogP contribution in [0.2, 0.25) is 0 Å². The first kappa shape index (κ1) is 21.2.